The van der Waals surface area contributed by atoms with Crippen LogP contribution in [0, 0.1) is 5.41 Å². The molecule has 7 nitrogen and oxygen atoms in total. The summed E-state index contributed by atoms with van der Waals surface area (Å²) in [6.45, 7) is 4.16. The van der Waals surface area contributed by atoms with Crippen molar-refractivity contribution in [3.8, 4) is 17.2 Å². The number of hydrogen-bond acceptors (Lipinski definition) is 7. The molecular formula is C28H28N2O5S. The zero-order valence-corrected chi connectivity index (χ0v) is 21.8. The number of benzene rings is 2. The summed E-state index contributed by atoms with van der Waals surface area (Å²) in [5.74, 6) is 2.04. The number of carbonyl (C=O) groups is 1. The second kappa shape index (κ2) is 9.09. The third-order valence-corrected chi connectivity index (χ3v) is 7.63. The van der Waals surface area contributed by atoms with Gasteiger partial charge in [0, 0.05) is 17.6 Å². The summed E-state index contributed by atoms with van der Waals surface area (Å²) >= 11 is 1.31. The van der Waals surface area contributed by atoms with E-state index in [0.29, 0.717) is 45.0 Å². The highest BCUT2D eigenvalue weighted by molar-refractivity contribution is 7.07. The molecule has 0 radical (unpaired) electrons. The molecule has 0 saturated heterocycles. The number of fused-ring (bicyclic) bond motifs is 1. The Morgan fingerprint density at radius 2 is 1.67 bits per heavy atom. The average Bonchev–Trinajstić information content (AvgIpc) is 3.16. The molecule has 0 saturated carbocycles. The van der Waals surface area contributed by atoms with Crippen LogP contribution >= 0.6 is 11.3 Å². The van der Waals surface area contributed by atoms with Gasteiger partial charge < -0.3 is 14.2 Å². The zero-order valence-electron chi connectivity index (χ0n) is 21.0. The van der Waals surface area contributed by atoms with Crippen molar-refractivity contribution in [3.05, 3.63) is 84.5 Å². The molecule has 5 rings (SSSR count). The van der Waals surface area contributed by atoms with Crippen LogP contribution in [0.5, 0.6) is 17.2 Å². The Bertz CT molecular complexity index is 1560. The van der Waals surface area contributed by atoms with Crippen LogP contribution in [0.3, 0.4) is 0 Å². The SMILES string of the molecule is COc1ccc(C2C3=C(CC(C)(C)CC3=O)N=c3sc(=Cc4cc(OC)ccc4OC)c(=O)n32)cc1. The van der Waals surface area contributed by atoms with Gasteiger partial charge in [0.1, 0.15) is 17.2 Å². The fourth-order valence-electron chi connectivity index (χ4n) is 4.94. The third kappa shape index (κ3) is 4.15. The van der Waals surface area contributed by atoms with Crippen LogP contribution in [0.25, 0.3) is 6.08 Å². The molecule has 0 bridgehead atoms. The second-order valence-corrected chi connectivity index (χ2v) is 10.8. The van der Waals surface area contributed by atoms with E-state index in [9.17, 15) is 9.59 Å². The van der Waals surface area contributed by atoms with Crippen molar-refractivity contribution in [1.29, 1.82) is 0 Å². The van der Waals surface area contributed by atoms with Gasteiger partial charge in [0.15, 0.2) is 10.6 Å². The van der Waals surface area contributed by atoms with Crippen LogP contribution in [0.4, 0.5) is 0 Å². The van der Waals surface area contributed by atoms with Crippen molar-refractivity contribution in [1.82, 2.24) is 4.57 Å². The molecule has 1 aliphatic heterocycles. The molecule has 1 unspecified atom stereocenters. The molecule has 0 spiro atoms. The molecule has 1 aliphatic carbocycles. The molecule has 1 atom stereocenters. The van der Waals surface area contributed by atoms with Crippen LogP contribution in [-0.4, -0.2) is 31.7 Å². The number of ether oxygens (including phenoxy) is 3. The summed E-state index contributed by atoms with van der Waals surface area (Å²) in [5.41, 5.74) is 2.56. The first-order chi connectivity index (χ1) is 17.2. The highest BCUT2D eigenvalue weighted by Gasteiger charge is 2.40. The van der Waals surface area contributed by atoms with E-state index in [1.54, 1.807) is 38.0 Å². The summed E-state index contributed by atoms with van der Waals surface area (Å²) in [7, 11) is 4.79. The summed E-state index contributed by atoms with van der Waals surface area (Å²) in [5, 5.41) is 0. The van der Waals surface area contributed by atoms with Gasteiger partial charge in [-0.1, -0.05) is 37.3 Å². The fraction of sp³-hybridized carbons (Fsp3) is 0.321. The van der Waals surface area contributed by atoms with E-state index in [2.05, 4.69) is 13.8 Å². The molecular weight excluding hydrogens is 476 g/mol. The van der Waals surface area contributed by atoms with Crippen LogP contribution in [0.1, 0.15) is 43.9 Å². The van der Waals surface area contributed by atoms with Crippen LogP contribution < -0.4 is 29.1 Å². The zero-order chi connectivity index (χ0) is 25.6. The number of carbonyl (C=O) groups excluding carboxylic acids is 1. The number of hydrogen-bond donors (Lipinski definition) is 0. The largest absolute Gasteiger partial charge is 0.497 e. The minimum absolute atomic E-state index is 0.0366. The topological polar surface area (TPSA) is 79.1 Å². The quantitative estimate of drug-likeness (QED) is 0.530. The molecule has 186 valence electrons. The Kier molecular flexibility index (Phi) is 6.08. The Morgan fingerprint density at radius 3 is 2.33 bits per heavy atom. The Balaban J connectivity index is 1.75. The van der Waals surface area contributed by atoms with E-state index in [-0.39, 0.29) is 16.8 Å². The Labute approximate surface area is 213 Å². The van der Waals surface area contributed by atoms with Crippen molar-refractivity contribution in [3.63, 3.8) is 0 Å². The van der Waals surface area contributed by atoms with E-state index in [1.807, 2.05) is 36.4 Å². The van der Waals surface area contributed by atoms with Gasteiger partial charge in [0.05, 0.1) is 37.6 Å². The smallest absolute Gasteiger partial charge is 0.271 e. The fourth-order valence-corrected chi connectivity index (χ4v) is 5.95. The van der Waals surface area contributed by atoms with E-state index >= 15 is 0 Å². The molecule has 0 N–H and O–H groups in total. The summed E-state index contributed by atoms with van der Waals surface area (Å²) < 4.78 is 18.4. The van der Waals surface area contributed by atoms with Gasteiger partial charge >= 0.3 is 0 Å². The lowest BCUT2D eigenvalue weighted by molar-refractivity contribution is -0.118. The number of Topliss-reactive ketones (excluding diaryl/α,β-unsaturated/α-hetero) is 1. The molecule has 0 amide bonds. The number of allylic oxidation sites excluding steroid dienone is 2. The van der Waals surface area contributed by atoms with Crippen molar-refractivity contribution in [2.45, 2.75) is 32.7 Å². The maximum atomic E-state index is 13.8. The predicted octanol–water partition coefficient (Wildman–Crippen LogP) is 3.63. The lowest BCUT2D eigenvalue weighted by Gasteiger charge is -2.35. The van der Waals surface area contributed by atoms with Gasteiger partial charge in [0.2, 0.25) is 0 Å². The van der Waals surface area contributed by atoms with E-state index in [0.717, 1.165) is 16.8 Å². The second-order valence-electron chi connectivity index (χ2n) is 9.77. The predicted molar refractivity (Wildman–Crippen MR) is 139 cm³/mol. The molecule has 2 heterocycles. The number of ketones is 1. The van der Waals surface area contributed by atoms with Crippen molar-refractivity contribution in [2.75, 3.05) is 21.3 Å². The normalized spacial score (nSPS) is 18.9. The minimum Gasteiger partial charge on any atom is -0.497 e. The number of thiazole rings is 1. The van der Waals surface area contributed by atoms with Crippen LogP contribution in [0.2, 0.25) is 0 Å². The summed E-state index contributed by atoms with van der Waals surface area (Å²) in [6, 6.07) is 12.4. The van der Waals surface area contributed by atoms with Gasteiger partial charge in [-0.25, -0.2) is 4.99 Å². The average molecular weight is 505 g/mol. The number of nitrogens with zero attached hydrogens (tertiary/aromatic N) is 2. The van der Waals surface area contributed by atoms with E-state index < -0.39 is 6.04 Å². The molecule has 0 fully saturated rings. The number of aromatic nitrogens is 1. The Hall–Kier alpha value is -3.65. The maximum Gasteiger partial charge on any atom is 0.271 e. The van der Waals surface area contributed by atoms with Gasteiger partial charge in [0.25, 0.3) is 5.56 Å². The summed E-state index contributed by atoms with van der Waals surface area (Å²) in [4.78, 5) is 32.7. The van der Waals surface area contributed by atoms with Gasteiger partial charge in [-0.05, 0) is 53.8 Å². The first-order valence-electron chi connectivity index (χ1n) is 11.7. The van der Waals surface area contributed by atoms with Gasteiger partial charge in [-0.2, -0.15) is 0 Å². The standard InChI is InChI=1S/C28H28N2O5S/c1-28(2)14-20-24(21(31)15-28)25(16-6-8-18(33-3)9-7-16)30-26(32)23(36-27(30)29-20)13-17-12-19(34-4)10-11-22(17)35-5/h6-13,25H,14-15H2,1-5H3. The molecule has 2 aromatic carbocycles. The minimum atomic E-state index is -0.542. The Morgan fingerprint density at radius 1 is 0.972 bits per heavy atom. The van der Waals surface area contributed by atoms with E-state index in [1.165, 1.54) is 11.3 Å². The van der Waals surface area contributed by atoms with Crippen LogP contribution in [-0.2, 0) is 4.79 Å². The lowest BCUT2D eigenvalue weighted by Crippen LogP contribution is -2.42. The van der Waals surface area contributed by atoms with Crippen molar-refractivity contribution in [2.24, 2.45) is 10.4 Å². The highest BCUT2D eigenvalue weighted by atomic mass is 32.1. The lowest BCUT2D eigenvalue weighted by atomic mass is 9.73. The molecule has 2 aliphatic rings. The number of methoxy groups -OCH3 is 3. The van der Waals surface area contributed by atoms with Crippen molar-refractivity contribution < 1.29 is 19.0 Å². The van der Waals surface area contributed by atoms with Crippen LogP contribution in [0.15, 0.2) is 63.5 Å². The highest BCUT2D eigenvalue weighted by Crippen LogP contribution is 2.43. The van der Waals surface area contributed by atoms with Crippen molar-refractivity contribution >= 4 is 23.2 Å². The first kappa shape index (κ1) is 24.1. The monoisotopic (exact) mass is 504 g/mol. The van der Waals surface area contributed by atoms with Gasteiger partial charge in [-0.3, -0.25) is 14.2 Å². The molecule has 8 heteroatoms. The van der Waals surface area contributed by atoms with Gasteiger partial charge in [-0.15, -0.1) is 0 Å². The first-order valence-corrected chi connectivity index (χ1v) is 12.5. The molecule has 3 aromatic rings. The number of rotatable bonds is 5. The maximum absolute atomic E-state index is 13.8. The third-order valence-electron chi connectivity index (χ3n) is 6.65. The molecule has 36 heavy (non-hydrogen) atoms. The molecule has 1 aromatic heterocycles. The summed E-state index contributed by atoms with van der Waals surface area (Å²) in [6.07, 6.45) is 2.89. The van der Waals surface area contributed by atoms with E-state index in [4.69, 9.17) is 19.2 Å².